The third kappa shape index (κ3) is 7.10. The van der Waals surface area contributed by atoms with Gasteiger partial charge in [-0.1, -0.05) is 30.3 Å². The normalized spacial score (nSPS) is 10.0. The average molecular weight is 397 g/mol. The maximum absolute atomic E-state index is 12.4. The predicted octanol–water partition coefficient (Wildman–Crippen LogP) is 2.42. The van der Waals surface area contributed by atoms with Crippen molar-refractivity contribution in [1.82, 2.24) is 4.90 Å². The standard InChI is InChI=1S/C21H23N3O5/c1-14(25)22-18-9-17(10-19(11-18)23-15(2)26)21(28)29-13-20(27)24(3)12-16-7-5-4-6-8-16/h4-11H,12-13H2,1-3H3,(H,22,25)(H,23,26). The van der Waals surface area contributed by atoms with Crippen molar-refractivity contribution in [2.45, 2.75) is 20.4 Å². The number of hydrogen-bond acceptors (Lipinski definition) is 5. The molecule has 152 valence electrons. The van der Waals surface area contributed by atoms with Gasteiger partial charge < -0.3 is 20.3 Å². The Morgan fingerprint density at radius 1 is 0.897 bits per heavy atom. The molecule has 8 heteroatoms. The lowest BCUT2D eigenvalue weighted by Crippen LogP contribution is -2.30. The van der Waals surface area contributed by atoms with E-state index in [-0.39, 0.29) is 23.3 Å². The summed E-state index contributed by atoms with van der Waals surface area (Å²) in [6, 6.07) is 13.8. The maximum Gasteiger partial charge on any atom is 0.338 e. The summed E-state index contributed by atoms with van der Waals surface area (Å²) in [5.41, 5.74) is 1.70. The zero-order valence-electron chi connectivity index (χ0n) is 16.5. The van der Waals surface area contributed by atoms with Crippen LogP contribution in [-0.2, 0) is 25.7 Å². The van der Waals surface area contributed by atoms with Crippen molar-refractivity contribution in [2.75, 3.05) is 24.3 Å². The molecule has 2 aromatic rings. The van der Waals surface area contributed by atoms with Crippen molar-refractivity contribution < 1.29 is 23.9 Å². The molecule has 2 aromatic carbocycles. The van der Waals surface area contributed by atoms with E-state index in [0.717, 1.165) is 5.56 Å². The first-order valence-corrected chi connectivity index (χ1v) is 8.90. The highest BCUT2D eigenvalue weighted by Gasteiger charge is 2.16. The summed E-state index contributed by atoms with van der Waals surface area (Å²) in [5, 5.41) is 5.10. The fraction of sp³-hybridized carbons (Fsp3) is 0.238. The van der Waals surface area contributed by atoms with Gasteiger partial charge in [-0.2, -0.15) is 0 Å². The molecule has 0 aliphatic heterocycles. The molecular weight excluding hydrogens is 374 g/mol. The fourth-order valence-electron chi connectivity index (χ4n) is 2.56. The van der Waals surface area contributed by atoms with E-state index in [1.54, 1.807) is 7.05 Å². The number of hydrogen-bond donors (Lipinski definition) is 2. The first-order chi connectivity index (χ1) is 13.7. The monoisotopic (exact) mass is 397 g/mol. The number of nitrogens with zero attached hydrogens (tertiary/aromatic N) is 1. The number of nitrogens with one attached hydrogen (secondary N) is 2. The van der Waals surface area contributed by atoms with Crippen LogP contribution in [0.1, 0.15) is 29.8 Å². The first kappa shape index (κ1) is 21.6. The molecule has 0 unspecified atom stereocenters. The van der Waals surface area contributed by atoms with Gasteiger partial charge in [0.05, 0.1) is 5.56 Å². The van der Waals surface area contributed by atoms with E-state index in [9.17, 15) is 19.2 Å². The number of anilines is 2. The van der Waals surface area contributed by atoms with Crippen LogP contribution in [0.3, 0.4) is 0 Å². The lowest BCUT2D eigenvalue weighted by molar-refractivity contribution is -0.133. The van der Waals surface area contributed by atoms with E-state index in [2.05, 4.69) is 10.6 Å². The summed E-state index contributed by atoms with van der Waals surface area (Å²) in [7, 11) is 1.62. The van der Waals surface area contributed by atoms with Crippen LogP contribution >= 0.6 is 0 Å². The Balaban J connectivity index is 2.03. The van der Waals surface area contributed by atoms with E-state index in [1.165, 1.54) is 36.9 Å². The number of carbonyl (C=O) groups is 4. The Kier molecular flexibility index (Phi) is 7.47. The van der Waals surface area contributed by atoms with E-state index >= 15 is 0 Å². The quantitative estimate of drug-likeness (QED) is 0.698. The summed E-state index contributed by atoms with van der Waals surface area (Å²) in [5.74, 6) is -1.77. The SMILES string of the molecule is CC(=O)Nc1cc(NC(C)=O)cc(C(=O)OCC(=O)N(C)Cc2ccccc2)c1. The topological polar surface area (TPSA) is 105 Å². The van der Waals surface area contributed by atoms with Crippen molar-refractivity contribution >= 4 is 35.1 Å². The zero-order valence-corrected chi connectivity index (χ0v) is 16.5. The number of esters is 1. The highest BCUT2D eigenvalue weighted by atomic mass is 16.5. The van der Waals surface area contributed by atoms with Gasteiger partial charge in [0.15, 0.2) is 6.61 Å². The number of rotatable bonds is 7. The predicted molar refractivity (Wildman–Crippen MR) is 108 cm³/mol. The second kappa shape index (κ2) is 10.0. The average Bonchev–Trinajstić information content (AvgIpc) is 2.65. The van der Waals surface area contributed by atoms with Gasteiger partial charge in [-0.05, 0) is 23.8 Å². The molecule has 0 radical (unpaired) electrons. The van der Waals surface area contributed by atoms with E-state index in [0.29, 0.717) is 17.9 Å². The molecule has 0 saturated carbocycles. The minimum atomic E-state index is -0.745. The van der Waals surface area contributed by atoms with Gasteiger partial charge in [0.1, 0.15) is 0 Å². The minimum Gasteiger partial charge on any atom is -0.452 e. The number of carbonyl (C=O) groups excluding carboxylic acids is 4. The Morgan fingerprint density at radius 2 is 1.45 bits per heavy atom. The summed E-state index contributed by atoms with van der Waals surface area (Å²) >= 11 is 0. The largest absolute Gasteiger partial charge is 0.452 e. The zero-order chi connectivity index (χ0) is 21.4. The maximum atomic E-state index is 12.4. The van der Waals surface area contributed by atoms with Gasteiger partial charge in [0.2, 0.25) is 11.8 Å². The molecule has 0 spiro atoms. The van der Waals surface area contributed by atoms with Crippen LogP contribution in [0, 0.1) is 0 Å². The molecule has 0 bridgehead atoms. The van der Waals surface area contributed by atoms with Gasteiger partial charge in [-0.25, -0.2) is 4.79 Å². The molecule has 2 N–H and O–H groups in total. The molecule has 0 aliphatic carbocycles. The lowest BCUT2D eigenvalue weighted by atomic mass is 10.1. The van der Waals surface area contributed by atoms with Crippen LogP contribution in [-0.4, -0.2) is 42.2 Å². The van der Waals surface area contributed by atoms with Crippen molar-refractivity contribution in [3.8, 4) is 0 Å². The smallest absolute Gasteiger partial charge is 0.338 e. The Morgan fingerprint density at radius 3 is 1.97 bits per heavy atom. The van der Waals surface area contributed by atoms with Crippen molar-refractivity contribution in [1.29, 1.82) is 0 Å². The van der Waals surface area contributed by atoms with Crippen molar-refractivity contribution in [3.63, 3.8) is 0 Å². The van der Waals surface area contributed by atoms with Gasteiger partial charge in [0, 0.05) is 38.8 Å². The molecule has 0 fully saturated rings. The van der Waals surface area contributed by atoms with Gasteiger partial charge in [0.25, 0.3) is 5.91 Å². The van der Waals surface area contributed by atoms with E-state index in [1.807, 2.05) is 30.3 Å². The minimum absolute atomic E-state index is 0.0958. The molecule has 0 aliphatic rings. The Bertz CT molecular complexity index is 878. The lowest BCUT2D eigenvalue weighted by Gasteiger charge is -2.17. The number of likely N-dealkylation sites (N-methyl/N-ethyl adjacent to an activating group) is 1. The number of amides is 3. The first-order valence-electron chi connectivity index (χ1n) is 8.90. The van der Waals surface area contributed by atoms with E-state index in [4.69, 9.17) is 4.74 Å². The van der Waals surface area contributed by atoms with Crippen LogP contribution in [0.2, 0.25) is 0 Å². The third-order valence-corrected chi connectivity index (χ3v) is 3.82. The summed E-state index contributed by atoms with van der Waals surface area (Å²) in [6.07, 6.45) is 0. The van der Waals surface area contributed by atoms with Crippen LogP contribution in [0.15, 0.2) is 48.5 Å². The van der Waals surface area contributed by atoms with Crippen LogP contribution < -0.4 is 10.6 Å². The van der Waals surface area contributed by atoms with E-state index < -0.39 is 12.6 Å². The van der Waals surface area contributed by atoms with Crippen molar-refractivity contribution in [3.05, 3.63) is 59.7 Å². The highest BCUT2D eigenvalue weighted by molar-refractivity contribution is 5.98. The van der Waals surface area contributed by atoms with Crippen LogP contribution in [0.4, 0.5) is 11.4 Å². The third-order valence-electron chi connectivity index (χ3n) is 3.82. The van der Waals surface area contributed by atoms with Gasteiger partial charge >= 0.3 is 5.97 Å². The molecular formula is C21H23N3O5. The van der Waals surface area contributed by atoms with Gasteiger partial charge in [-0.3, -0.25) is 14.4 Å². The summed E-state index contributed by atoms with van der Waals surface area (Å²) < 4.78 is 5.11. The second-order valence-electron chi connectivity index (χ2n) is 6.47. The molecule has 2 rings (SSSR count). The summed E-state index contributed by atoms with van der Waals surface area (Å²) in [4.78, 5) is 48.7. The summed E-state index contributed by atoms with van der Waals surface area (Å²) in [6.45, 7) is 2.61. The molecule has 0 atom stereocenters. The van der Waals surface area contributed by atoms with Crippen LogP contribution in [0.25, 0.3) is 0 Å². The molecule has 8 nitrogen and oxygen atoms in total. The fourth-order valence-corrected chi connectivity index (χ4v) is 2.56. The molecule has 3 amide bonds. The Hall–Kier alpha value is -3.68. The number of ether oxygens (including phenoxy) is 1. The highest BCUT2D eigenvalue weighted by Crippen LogP contribution is 2.20. The number of benzene rings is 2. The Labute approximate surface area is 168 Å². The molecule has 0 heterocycles. The molecule has 29 heavy (non-hydrogen) atoms. The van der Waals surface area contributed by atoms with Crippen molar-refractivity contribution in [2.24, 2.45) is 0 Å². The second-order valence-corrected chi connectivity index (χ2v) is 6.47. The van der Waals surface area contributed by atoms with Gasteiger partial charge in [-0.15, -0.1) is 0 Å². The molecule has 0 aromatic heterocycles. The molecule has 0 saturated heterocycles. The van der Waals surface area contributed by atoms with Crippen LogP contribution in [0.5, 0.6) is 0 Å².